The van der Waals surface area contributed by atoms with Gasteiger partial charge in [-0.25, -0.2) is 0 Å². The van der Waals surface area contributed by atoms with Gasteiger partial charge in [-0.3, -0.25) is 4.79 Å². The van der Waals surface area contributed by atoms with E-state index in [0.29, 0.717) is 5.56 Å². The lowest BCUT2D eigenvalue weighted by molar-refractivity contribution is 0.0975. The van der Waals surface area contributed by atoms with Gasteiger partial charge in [-0.15, -0.1) is 12.6 Å². The molecule has 0 aliphatic carbocycles. The first-order chi connectivity index (χ1) is 9.66. The number of benzene rings is 2. The molecular formula is C17H17NOS. The number of aryl methyl sites for hydroxylation is 1. The number of rotatable bonds is 1. The van der Waals surface area contributed by atoms with E-state index >= 15 is 0 Å². The Labute approximate surface area is 124 Å². The van der Waals surface area contributed by atoms with Gasteiger partial charge in [-0.1, -0.05) is 18.2 Å². The number of nitrogens with zero attached hydrogens (tertiary/aromatic N) is 1. The van der Waals surface area contributed by atoms with E-state index in [9.17, 15) is 4.79 Å². The molecule has 3 rings (SSSR count). The van der Waals surface area contributed by atoms with E-state index in [1.165, 1.54) is 5.56 Å². The molecule has 0 radical (unpaired) electrons. The molecule has 0 aromatic heterocycles. The zero-order chi connectivity index (χ0) is 14.1. The summed E-state index contributed by atoms with van der Waals surface area (Å²) in [5, 5.41) is 0. The lowest BCUT2D eigenvalue weighted by Gasteiger charge is -2.35. The zero-order valence-electron chi connectivity index (χ0n) is 11.4. The Hall–Kier alpha value is -1.74. The Bertz CT molecular complexity index is 636. The predicted molar refractivity (Wildman–Crippen MR) is 84.7 cm³/mol. The van der Waals surface area contributed by atoms with Gasteiger partial charge >= 0.3 is 0 Å². The Morgan fingerprint density at radius 3 is 2.60 bits per heavy atom. The molecule has 20 heavy (non-hydrogen) atoms. The number of fused-ring (bicyclic) bond motifs is 1. The quantitative estimate of drug-likeness (QED) is 0.786. The summed E-state index contributed by atoms with van der Waals surface area (Å²) in [6.45, 7) is 2.11. The van der Waals surface area contributed by atoms with Crippen LogP contribution in [0.25, 0.3) is 0 Å². The average molecular weight is 283 g/mol. The minimum Gasteiger partial charge on any atom is -0.305 e. The maximum Gasteiger partial charge on any atom is 0.258 e. The van der Waals surface area contributed by atoms with Crippen molar-refractivity contribution in [1.82, 2.24) is 0 Å². The first-order valence-corrected chi connectivity index (χ1v) is 7.32. The average Bonchev–Trinajstić information content (AvgIpc) is 2.47. The normalized spacial score (nSPS) is 17.7. The highest BCUT2D eigenvalue weighted by Crippen LogP contribution is 2.31. The highest BCUT2D eigenvalue weighted by atomic mass is 32.1. The Morgan fingerprint density at radius 1 is 1.15 bits per heavy atom. The molecule has 1 aliphatic heterocycles. The molecule has 0 saturated heterocycles. The number of anilines is 1. The van der Waals surface area contributed by atoms with Crippen molar-refractivity contribution in [3.05, 3.63) is 59.7 Å². The van der Waals surface area contributed by atoms with Gasteiger partial charge in [-0.2, -0.15) is 0 Å². The van der Waals surface area contributed by atoms with E-state index in [1.807, 2.05) is 47.4 Å². The summed E-state index contributed by atoms with van der Waals surface area (Å²) < 4.78 is 0. The largest absolute Gasteiger partial charge is 0.305 e. The second-order valence-electron chi connectivity index (χ2n) is 5.24. The van der Waals surface area contributed by atoms with Gasteiger partial charge in [0.05, 0.1) is 0 Å². The molecule has 0 N–H and O–H groups in total. The van der Waals surface area contributed by atoms with Gasteiger partial charge in [-0.05, 0) is 55.7 Å². The molecule has 1 heterocycles. The number of carbonyl (C=O) groups excluding carboxylic acids is 1. The highest BCUT2D eigenvalue weighted by molar-refractivity contribution is 7.80. The fourth-order valence-corrected chi connectivity index (χ4v) is 2.89. The fraction of sp³-hybridized carbons (Fsp3) is 0.235. The van der Waals surface area contributed by atoms with Crippen molar-refractivity contribution in [3.8, 4) is 0 Å². The number of thiol groups is 1. The van der Waals surface area contributed by atoms with Gasteiger partial charge in [0.1, 0.15) is 0 Å². The molecule has 2 nitrogen and oxygen atoms in total. The van der Waals surface area contributed by atoms with Crippen LogP contribution in [0.3, 0.4) is 0 Å². The summed E-state index contributed by atoms with van der Waals surface area (Å²) in [6.07, 6.45) is 2.05. The maximum atomic E-state index is 12.8. The topological polar surface area (TPSA) is 20.3 Å². The van der Waals surface area contributed by atoms with Gasteiger partial charge < -0.3 is 4.90 Å². The van der Waals surface area contributed by atoms with Crippen LogP contribution in [0, 0.1) is 0 Å². The van der Waals surface area contributed by atoms with E-state index in [2.05, 4.69) is 25.6 Å². The minimum absolute atomic E-state index is 0.0676. The number of hydrogen-bond acceptors (Lipinski definition) is 2. The Kier molecular flexibility index (Phi) is 3.53. The first kappa shape index (κ1) is 13.3. The van der Waals surface area contributed by atoms with Gasteiger partial charge in [0.25, 0.3) is 5.91 Å². The number of hydrogen-bond donors (Lipinski definition) is 1. The Morgan fingerprint density at radius 2 is 1.85 bits per heavy atom. The summed E-state index contributed by atoms with van der Waals surface area (Å²) in [6, 6.07) is 15.8. The van der Waals surface area contributed by atoms with Gasteiger partial charge in [0, 0.05) is 22.2 Å². The molecule has 0 saturated carbocycles. The lowest BCUT2D eigenvalue weighted by Crippen LogP contribution is -2.42. The maximum absolute atomic E-state index is 12.8. The number of carbonyl (C=O) groups is 1. The van der Waals surface area contributed by atoms with Crippen LogP contribution in [0.5, 0.6) is 0 Å². The summed E-state index contributed by atoms with van der Waals surface area (Å²) in [5.41, 5.74) is 3.02. The van der Waals surface area contributed by atoms with Crippen molar-refractivity contribution in [2.75, 3.05) is 4.90 Å². The number of para-hydroxylation sites is 1. The molecule has 102 valence electrons. The van der Waals surface area contributed by atoms with E-state index < -0.39 is 0 Å². The molecule has 0 spiro atoms. The molecule has 1 aliphatic rings. The molecule has 1 amide bonds. The highest BCUT2D eigenvalue weighted by Gasteiger charge is 2.28. The van der Waals surface area contributed by atoms with Gasteiger partial charge in [0.2, 0.25) is 0 Å². The van der Waals surface area contributed by atoms with Crippen molar-refractivity contribution in [1.29, 1.82) is 0 Å². The Balaban J connectivity index is 2.00. The van der Waals surface area contributed by atoms with Crippen molar-refractivity contribution < 1.29 is 4.79 Å². The van der Waals surface area contributed by atoms with Crippen LogP contribution < -0.4 is 4.90 Å². The van der Waals surface area contributed by atoms with Crippen molar-refractivity contribution in [3.63, 3.8) is 0 Å². The second-order valence-corrected chi connectivity index (χ2v) is 5.75. The molecule has 0 bridgehead atoms. The summed E-state index contributed by atoms with van der Waals surface area (Å²) in [4.78, 5) is 15.6. The van der Waals surface area contributed by atoms with Crippen LogP contribution >= 0.6 is 12.6 Å². The third-order valence-corrected chi connectivity index (χ3v) is 4.15. The van der Waals surface area contributed by atoms with Crippen LogP contribution in [0.1, 0.15) is 29.3 Å². The third-order valence-electron chi connectivity index (χ3n) is 3.86. The standard InChI is InChI=1S/C17H17NOS/c1-12-6-7-13-4-2-3-5-16(13)18(12)17(19)14-8-10-15(20)11-9-14/h2-5,8-12,20H,6-7H2,1H3. The van der Waals surface area contributed by atoms with Crippen LogP contribution in [0.15, 0.2) is 53.4 Å². The summed E-state index contributed by atoms with van der Waals surface area (Å²) in [7, 11) is 0. The lowest BCUT2D eigenvalue weighted by atomic mass is 9.96. The van der Waals surface area contributed by atoms with E-state index in [4.69, 9.17) is 0 Å². The zero-order valence-corrected chi connectivity index (χ0v) is 12.3. The molecule has 1 atom stereocenters. The van der Waals surface area contributed by atoms with Crippen LogP contribution in [0.2, 0.25) is 0 Å². The third kappa shape index (κ3) is 2.34. The number of amides is 1. The predicted octanol–water partition coefficient (Wildman–Crippen LogP) is 3.96. The van der Waals surface area contributed by atoms with E-state index in [-0.39, 0.29) is 11.9 Å². The molecule has 2 aromatic rings. The van der Waals surface area contributed by atoms with E-state index in [1.54, 1.807) is 0 Å². The smallest absolute Gasteiger partial charge is 0.258 e. The van der Waals surface area contributed by atoms with E-state index in [0.717, 1.165) is 23.4 Å². The summed E-state index contributed by atoms with van der Waals surface area (Å²) in [5.74, 6) is 0.0676. The molecule has 3 heteroatoms. The SMILES string of the molecule is CC1CCc2ccccc2N1C(=O)c1ccc(S)cc1. The molecule has 2 aromatic carbocycles. The van der Waals surface area contributed by atoms with Crippen LogP contribution in [-0.4, -0.2) is 11.9 Å². The first-order valence-electron chi connectivity index (χ1n) is 6.87. The van der Waals surface area contributed by atoms with Crippen molar-refractivity contribution in [2.24, 2.45) is 0 Å². The van der Waals surface area contributed by atoms with Crippen LogP contribution in [-0.2, 0) is 6.42 Å². The minimum atomic E-state index is 0.0676. The molecule has 1 unspecified atom stereocenters. The second kappa shape index (κ2) is 5.33. The molecule has 0 fully saturated rings. The van der Waals surface area contributed by atoms with Gasteiger partial charge in [0.15, 0.2) is 0 Å². The molecular weight excluding hydrogens is 266 g/mol. The summed E-state index contributed by atoms with van der Waals surface area (Å²) >= 11 is 4.27. The fourth-order valence-electron chi connectivity index (χ4n) is 2.74. The monoisotopic (exact) mass is 283 g/mol. The van der Waals surface area contributed by atoms with Crippen molar-refractivity contribution >= 4 is 24.2 Å². The van der Waals surface area contributed by atoms with Crippen LogP contribution in [0.4, 0.5) is 5.69 Å². The van der Waals surface area contributed by atoms with Crippen molar-refractivity contribution in [2.45, 2.75) is 30.7 Å².